The number of carbonyl (C=O) groups excluding carboxylic acids is 1. The first-order chi connectivity index (χ1) is 22.4. The van der Waals surface area contributed by atoms with Crippen LogP contribution in [0.25, 0.3) is 28.3 Å². The van der Waals surface area contributed by atoms with Gasteiger partial charge in [0.1, 0.15) is 17.6 Å². The van der Waals surface area contributed by atoms with E-state index in [4.69, 9.17) is 14.9 Å². The fraction of sp³-hybridized carbons (Fsp3) is 0.229. The molecule has 4 aromatic rings. The van der Waals surface area contributed by atoms with Crippen molar-refractivity contribution in [2.75, 3.05) is 25.1 Å². The lowest BCUT2D eigenvalue weighted by Gasteiger charge is -2.35. The van der Waals surface area contributed by atoms with Crippen LogP contribution in [0.4, 0.5) is 5.82 Å². The lowest BCUT2D eigenvalue weighted by molar-refractivity contribution is -0.124. The van der Waals surface area contributed by atoms with Crippen molar-refractivity contribution >= 4 is 17.8 Å². The third-order valence-corrected chi connectivity index (χ3v) is 7.98. The molecule has 11 heteroatoms. The van der Waals surface area contributed by atoms with Gasteiger partial charge in [-0.3, -0.25) is 10.0 Å². The summed E-state index contributed by atoms with van der Waals surface area (Å²) in [7, 11) is 1.49. The van der Waals surface area contributed by atoms with Gasteiger partial charge < -0.3 is 20.1 Å². The molecule has 0 aliphatic carbocycles. The smallest absolute Gasteiger partial charge is 0.267 e. The topological polar surface area (TPSA) is 167 Å². The number of piperidine rings is 1. The summed E-state index contributed by atoms with van der Waals surface area (Å²) in [6.45, 7) is 2.18. The molecule has 0 unspecified atom stereocenters. The van der Waals surface area contributed by atoms with Crippen LogP contribution in [0.5, 0.6) is 11.5 Å². The molecule has 0 radical (unpaired) electrons. The Bertz CT molecular complexity index is 1800. The van der Waals surface area contributed by atoms with Crippen molar-refractivity contribution in [2.45, 2.75) is 31.8 Å². The zero-order chi connectivity index (χ0) is 32.5. The Morgan fingerprint density at radius 2 is 1.83 bits per heavy atom. The number of phenolic OH excluding ortho intramolecular Hbond substituents is 1. The van der Waals surface area contributed by atoms with E-state index in [0.717, 1.165) is 65.1 Å². The molecule has 232 valence electrons. The summed E-state index contributed by atoms with van der Waals surface area (Å²) in [4.78, 5) is 22.6. The van der Waals surface area contributed by atoms with E-state index in [1.165, 1.54) is 13.2 Å². The maximum atomic E-state index is 11.2. The molecule has 5 rings (SSSR count). The van der Waals surface area contributed by atoms with Crippen molar-refractivity contribution in [1.82, 2.24) is 20.8 Å². The largest absolute Gasteiger partial charge is 0.504 e. The van der Waals surface area contributed by atoms with E-state index in [9.17, 15) is 20.4 Å². The summed E-state index contributed by atoms with van der Waals surface area (Å²) in [6, 6.07) is 21.1. The van der Waals surface area contributed by atoms with Crippen LogP contribution in [-0.2, 0) is 17.8 Å². The number of ether oxygens (including phenoxy) is 1. The minimum atomic E-state index is -0.581. The Morgan fingerprint density at radius 1 is 1.07 bits per heavy atom. The lowest BCUT2D eigenvalue weighted by atomic mass is 9.90. The molecule has 46 heavy (non-hydrogen) atoms. The van der Waals surface area contributed by atoms with Crippen molar-refractivity contribution in [2.24, 2.45) is 0 Å². The molecule has 0 spiro atoms. The summed E-state index contributed by atoms with van der Waals surface area (Å²) in [5, 5.41) is 42.0. The maximum absolute atomic E-state index is 11.2. The van der Waals surface area contributed by atoms with Crippen LogP contribution in [0, 0.1) is 22.7 Å². The summed E-state index contributed by atoms with van der Waals surface area (Å²) in [6.07, 6.45) is 8.17. The summed E-state index contributed by atoms with van der Waals surface area (Å²) >= 11 is 0. The molecule has 2 aromatic carbocycles. The van der Waals surface area contributed by atoms with Gasteiger partial charge >= 0.3 is 0 Å². The number of benzene rings is 2. The van der Waals surface area contributed by atoms with Gasteiger partial charge in [-0.2, -0.15) is 10.5 Å². The van der Waals surface area contributed by atoms with E-state index in [-0.39, 0.29) is 17.9 Å². The molecule has 1 amide bonds. The second-order valence-corrected chi connectivity index (χ2v) is 10.8. The van der Waals surface area contributed by atoms with Crippen LogP contribution in [0.15, 0.2) is 73.1 Å². The quantitative estimate of drug-likeness (QED) is 0.111. The van der Waals surface area contributed by atoms with Crippen LogP contribution in [0.1, 0.15) is 35.2 Å². The molecule has 0 saturated carbocycles. The van der Waals surface area contributed by atoms with Gasteiger partial charge in [0.15, 0.2) is 11.5 Å². The van der Waals surface area contributed by atoms with E-state index >= 15 is 0 Å². The van der Waals surface area contributed by atoms with Gasteiger partial charge in [-0.05, 0) is 59.9 Å². The standard InChI is InChI=1S/C35H33N7O4/c1-46-32-10-8-25(18-31(32)43)30-22-40-35(29(12-15-36)34(30)26-7-9-28(19-37)39-21-26)42-16-13-27(14-17-42)38-20-24-4-2-23(3-5-24)6-11-33(44)41-45/h2-11,18,21-22,27,38,43,45H,12-14,16-17,20H2,1H3,(H,41,44)/b11-6+. The summed E-state index contributed by atoms with van der Waals surface area (Å²) < 4.78 is 5.23. The molecule has 1 fully saturated rings. The number of carbonyl (C=O) groups is 1. The van der Waals surface area contributed by atoms with Crippen molar-refractivity contribution in [1.29, 1.82) is 10.5 Å². The molecular formula is C35H33N7O4. The van der Waals surface area contributed by atoms with Gasteiger partial charge in [-0.15, -0.1) is 0 Å². The number of hydrogen-bond acceptors (Lipinski definition) is 10. The van der Waals surface area contributed by atoms with Crippen molar-refractivity contribution in [3.05, 3.63) is 95.5 Å². The Labute approximate surface area is 267 Å². The highest BCUT2D eigenvalue weighted by Crippen LogP contribution is 2.41. The number of nitriles is 2. The minimum absolute atomic E-state index is 0.00995. The summed E-state index contributed by atoms with van der Waals surface area (Å²) in [5.41, 5.74) is 7.56. The van der Waals surface area contributed by atoms with Gasteiger partial charge in [0, 0.05) is 66.4 Å². The molecule has 1 saturated heterocycles. The first kappa shape index (κ1) is 31.7. The highest BCUT2D eigenvalue weighted by atomic mass is 16.5. The average Bonchev–Trinajstić information content (AvgIpc) is 3.10. The van der Waals surface area contributed by atoms with E-state index in [1.807, 2.05) is 36.4 Å². The Kier molecular flexibility index (Phi) is 10.2. The van der Waals surface area contributed by atoms with Crippen LogP contribution in [-0.4, -0.2) is 52.4 Å². The lowest BCUT2D eigenvalue weighted by Crippen LogP contribution is -2.43. The van der Waals surface area contributed by atoms with E-state index in [2.05, 4.69) is 27.3 Å². The molecule has 11 nitrogen and oxygen atoms in total. The van der Waals surface area contributed by atoms with Gasteiger partial charge in [-0.1, -0.05) is 30.3 Å². The van der Waals surface area contributed by atoms with Crippen molar-refractivity contribution in [3.8, 4) is 45.9 Å². The van der Waals surface area contributed by atoms with E-state index in [0.29, 0.717) is 23.9 Å². The number of pyridine rings is 2. The predicted molar refractivity (Wildman–Crippen MR) is 173 cm³/mol. The second kappa shape index (κ2) is 14.8. The molecular weight excluding hydrogens is 582 g/mol. The fourth-order valence-corrected chi connectivity index (χ4v) is 5.59. The third kappa shape index (κ3) is 7.30. The number of methoxy groups -OCH3 is 1. The zero-order valence-electron chi connectivity index (χ0n) is 25.3. The molecule has 3 heterocycles. The van der Waals surface area contributed by atoms with Crippen molar-refractivity contribution < 1.29 is 19.8 Å². The normalized spacial score (nSPS) is 13.3. The SMILES string of the molecule is COc1ccc(-c2cnc(N3CCC(NCc4ccc(/C=C/C(=O)NO)cc4)CC3)c(CC#N)c2-c2ccc(C#N)nc2)cc1O. The number of phenols is 1. The third-order valence-electron chi connectivity index (χ3n) is 7.98. The second-order valence-electron chi connectivity index (χ2n) is 10.8. The van der Waals surface area contributed by atoms with Crippen LogP contribution in [0.2, 0.25) is 0 Å². The number of nitrogens with zero attached hydrogens (tertiary/aromatic N) is 5. The summed E-state index contributed by atoms with van der Waals surface area (Å²) in [5.74, 6) is 0.495. The van der Waals surface area contributed by atoms with Crippen LogP contribution >= 0.6 is 0 Å². The van der Waals surface area contributed by atoms with Crippen LogP contribution in [0.3, 0.4) is 0 Å². The first-order valence-corrected chi connectivity index (χ1v) is 14.8. The number of anilines is 1. The molecule has 0 atom stereocenters. The van der Waals surface area contributed by atoms with E-state index in [1.54, 1.807) is 42.1 Å². The minimum Gasteiger partial charge on any atom is -0.504 e. The number of hydrogen-bond donors (Lipinski definition) is 4. The number of rotatable bonds is 10. The number of aromatic hydroxyl groups is 1. The Hall–Kier alpha value is -5.75. The zero-order valence-corrected chi connectivity index (χ0v) is 25.3. The Balaban J connectivity index is 1.36. The van der Waals surface area contributed by atoms with Gasteiger partial charge in [-0.25, -0.2) is 15.4 Å². The predicted octanol–water partition coefficient (Wildman–Crippen LogP) is 4.74. The number of hydroxylamine groups is 1. The maximum Gasteiger partial charge on any atom is 0.267 e. The number of aromatic nitrogens is 2. The van der Waals surface area contributed by atoms with Gasteiger partial charge in [0.2, 0.25) is 0 Å². The highest BCUT2D eigenvalue weighted by Gasteiger charge is 2.26. The number of nitrogens with one attached hydrogen (secondary N) is 2. The first-order valence-electron chi connectivity index (χ1n) is 14.8. The monoisotopic (exact) mass is 615 g/mol. The Morgan fingerprint density at radius 3 is 2.46 bits per heavy atom. The van der Waals surface area contributed by atoms with E-state index < -0.39 is 5.91 Å². The molecule has 0 bridgehead atoms. The fourth-order valence-electron chi connectivity index (χ4n) is 5.59. The molecule has 4 N–H and O–H groups in total. The average molecular weight is 616 g/mol. The highest BCUT2D eigenvalue weighted by molar-refractivity contribution is 5.91. The molecule has 1 aliphatic rings. The molecule has 1 aliphatic heterocycles. The van der Waals surface area contributed by atoms with Crippen LogP contribution < -0.4 is 20.4 Å². The number of amides is 1. The molecule has 2 aromatic heterocycles. The van der Waals surface area contributed by atoms with Gasteiger partial charge in [0.25, 0.3) is 5.91 Å². The van der Waals surface area contributed by atoms with Gasteiger partial charge in [0.05, 0.1) is 19.6 Å². The van der Waals surface area contributed by atoms with Crippen molar-refractivity contribution in [3.63, 3.8) is 0 Å².